The molecule has 1 heterocycles. The SMILES string of the molecule is Cc1ccccc1CN(CCCN(C)C)Cc1ccccn1. The third-order valence-corrected chi connectivity index (χ3v) is 3.85. The number of hydrogen-bond acceptors (Lipinski definition) is 3. The van der Waals surface area contributed by atoms with Crippen LogP contribution in [0.2, 0.25) is 0 Å². The van der Waals surface area contributed by atoms with Crippen LogP contribution in [0, 0.1) is 6.92 Å². The largest absolute Gasteiger partial charge is 0.309 e. The first-order valence-electron chi connectivity index (χ1n) is 7.96. The maximum atomic E-state index is 4.47. The maximum absolute atomic E-state index is 4.47. The molecule has 118 valence electrons. The Morgan fingerprint density at radius 3 is 2.36 bits per heavy atom. The van der Waals surface area contributed by atoms with Crippen molar-refractivity contribution in [1.29, 1.82) is 0 Å². The van der Waals surface area contributed by atoms with E-state index in [-0.39, 0.29) is 0 Å². The molecule has 0 fully saturated rings. The van der Waals surface area contributed by atoms with Crippen molar-refractivity contribution in [2.75, 3.05) is 27.2 Å². The van der Waals surface area contributed by atoms with E-state index in [1.165, 1.54) is 17.5 Å². The van der Waals surface area contributed by atoms with Crippen molar-refractivity contribution in [2.24, 2.45) is 0 Å². The summed E-state index contributed by atoms with van der Waals surface area (Å²) in [6.45, 7) is 6.28. The van der Waals surface area contributed by atoms with E-state index in [4.69, 9.17) is 0 Å². The van der Waals surface area contributed by atoms with E-state index in [9.17, 15) is 0 Å². The molecule has 0 aliphatic carbocycles. The summed E-state index contributed by atoms with van der Waals surface area (Å²) in [6.07, 6.45) is 3.05. The Bertz CT molecular complexity index is 552. The fraction of sp³-hybridized carbons (Fsp3) is 0.421. The first kappa shape index (κ1) is 16.7. The van der Waals surface area contributed by atoms with E-state index in [2.05, 4.69) is 72.2 Å². The number of benzene rings is 1. The van der Waals surface area contributed by atoms with Gasteiger partial charge < -0.3 is 4.90 Å². The molecule has 0 atom stereocenters. The summed E-state index contributed by atoms with van der Waals surface area (Å²) in [5, 5.41) is 0. The van der Waals surface area contributed by atoms with Crippen LogP contribution in [0.1, 0.15) is 23.2 Å². The fourth-order valence-electron chi connectivity index (χ4n) is 2.57. The fourth-order valence-corrected chi connectivity index (χ4v) is 2.57. The van der Waals surface area contributed by atoms with E-state index in [1.807, 2.05) is 12.3 Å². The highest BCUT2D eigenvalue weighted by Crippen LogP contribution is 2.13. The molecule has 0 bridgehead atoms. The molecule has 0 unspecified atom stereocenters. The van der Waals surface area contributed by atoms with Crippen LogP contribution in [-0.2, 0) is 13.1 Å². The molecule has 0 radical (unpaired) electrons. The van der Waals surface area contributed by atoms with Crippen LogP contribution in [0.15, 0.2) is 48.7 Å². The molecule has 1 aromatic heterocycles. The molecule has 2 aromatic rings. The minimum atomic E-state index is 0.905. The molecule has 0 aliphatic heterocycles. The monoisotopic (exact) mass is 297 g/mol. The molecule has 0 N–H and O–H groups in total. The van der Waals surface area contributed by atoms with Crippen LogP contribution in [0.25, 0.3) is 0 Å². The molecule has 0 spiro atoms. The van der Waals surface area contributed by atoms with E-state index in [0.717, 1.165) is 31.9 Å². The maximum Gasteiger partial charge on any atom is 0.0544 e. The zero-order chi connectivity index (χ0) is 15.8. The molecule has 22 heavy (non-hydrogen) atoms. The Morgan fingerprint density at radius 2 is 1.68 bits per heavy atom. The summed E-state index contributed by atoms with van der Waals surface area (Å²) >= 11 is 0. The van der Waals surface area contributed by atoms with Gasteiger partial charge in [-0.2, -0.15) is 0 Å². The van der Waals surface area contributed by atoms with Gasteiger partial charge in [0.2, 0.25) is 0 Å². The minimum Gasteiger partial charge on any atom is -0.309 e. The Hall–Kier alpha value is -1.71. The van der Waals surface area contributed by atoms with E-state index in [0.29, 0.717) is 0 Å². The van der Waals surface area contributed by atoms with Gasteiger partial charge in [-0.1, -0.05) is 30.3 Å². The second-order valence-corrected chi connectivity index (χ2v) is 6.12. The van der Waals surface area contributed by atoms with Crippen molar-refractivity contribution in [1.82, 2.24) is 14.8 Å². The third-order valence-electron chi connectivity index (χ3n) is 3.85. The molecule has 0 amide bonds. The van der Waals surface area contributed by atoms with Crippen molar-refractivity contribution < 1.29 is 0 Å². The van der Waals surface area contributed by atoms with Gasteiger partial charge in [0.05, 0.1) is 5.69 Å². The summed E-state index contributed by atoms with van der Waals surface area (Å²) < 4.78 is 0. The van der Waals surface area contributed by atoms with Crippen molar-refractivity contribution in [3.05, 3.63) is 65.5 Å². The molecular formula is C19H27N3. The van der Waals surface area contributed by atoms with Crippen LogP contribution in [-0.4, -0.2) is 42.0 Å². The zero-order valence-electron chi connectivity index (χ0n) is 14.0. The standard InChI is InChI=1S/C19H27N3/c1-17-9-4-5-10-18(17)15-22(14-8-13-21(2)3)16-19-11-6-7-12-20-19/h4-7,9-12H,8,13-16H2,1-3H3. The lowest BCUT2D eigenvalue weighted by molar-refractivity contribution is 0.237. The lowest BCUT2D eigenvalue weighted by Crippen LogP contribution is -2.27. The Kier molecular flexibility index (Phi) is 6.56. The second-order valence-electron chi connectivity index (χ2n) is 6.12. The highest BCUT2D eigenvalue weighted by Gasteiger charge is 2.09. The lowest BCUT2D eigenvalue weighted by atomic mass is 10.1. The first-order chi connectivity index (χ1) is 10.6. The minimum absolute atomic E-state index is 0.905. The highest BCUT2D eigenvalue weighted by atomic mass is 15.1. The molecule has 0 saturated carbocycles. The molecule has 0 saturated heterocycles. The van der Waals surface area contributed by atoms with Gasteiger partial charge in [0.25, 0.3) is 0 Å². The van der Waals surface area contributed by atoms with Gasteiger partial charge in [0, 0.05) is 25.8 Å². The van der Waals surface area contributed by atoms with Gasteiger partial charge in [-0.15, -0.1) is 0 Å². The zero-order valence-corrected chi connectivity index (χ0v) is 14.0. The van der Waals surface area contributed by atoms with Gasteiger partial charge in [0.15, 0.2) is 0 Å². The van der Waals surface area contributed by atoms with Crippen LogP contribution < -0.4 is 0 Å². The summed E-state index contributed by atoms with van der Waals surface area (Å²) in [5.41, 5.74) is 3.91. The summed E-state index contributed by atoms with van der Waals surface area (Å²) in [4.78, 5) is 9.21. The van der Waals surface area contributed by atoms with Gasteiger partial charge in [-0.05, 0) is 57.2 Å². The van der Waals surface area contributed by atoms with E-state index in [1.54, 1.807) is 0 Å². The molecule has 3 nitrogen and oxygen atoms in total. The van der Waals surface area contributed by atoms with Gasteiger partial charge in [-0.25, -0.2) is 0 Å². The van der Waals surface area contributed by atoms with Crippen molar-refractivity contribution in [2.45, 2.75) is 26.4 Å². The Labute approximate surface area is 134 Å². The number of pyridine rings is 1. The van der Waals surface area contributed by atoms with E-state index < -0.39 is 0 Å². The van der Waals surface area contributed by atoms with Crippen LogP contribution in [0.5, 0.6) is 0 Å². The summed E-state index contributed by atoms with van der Waals surface area (Å²) in [5.74, 6) is 0. The first-order valence-corrected chi connectivity index (χ1v) is 7.96. The van der Waals surface area contributed by atoms with E-state index >= 15 is 0 Å². The Balaban J connectivity index is 2.02. The average Bonchev–Trinajstić information content (AvgIpc) is 2.50. The normalized spacial score (nSPS) is 11.3. The van der Waals surface area contributed by atoms with Crippen LogP contribution in [0.4, 0.5) is 0 Å². The molecule has 0 aliphatic rings. The molecule has 2 rings (SSSR count). The average molecular weight is 297 g/mol. The third kappa shape index (κ3) is 5.58. The summed E-state index contributed by atoms with van der Waals surface area (Å²) in [7, 11) is 4.26. The number of nitrogens with zero attached hydrogens (tertiary/aromatic N) is 3. The predicted octanol–water partition coefficient (Wildman–Crippen LogP) is 3.34. The molecule has 1 aromatic carbocycles. The lowest BCUT2D eigenvalue weighted by Gasteiger charge is -2.23. The highest BCUT2D eigenvalue weighted by molar-refractivity contribution is 5.25. The smallest absolute Gasteiger partial charge is 0.0544 e. The number of aryl methyl sites for hydroxylation is 1. The molecule has 3 heteroatoms. The number of aromatic nitrogens is 1. The van der Waals surface area contributed by atoms with Gasteiger partial charge >= 0.3 is 0 Å². The van der Waals surface area contributed by atoms with Crippen molar-refractivity contribution >= 4 is 0 Å². The summed E-state index contributed by atoms with van der Waals surface area (Å²) in [6, 6.07) is 14.8. The van der Waals surface area contributed by atoms with Crippen LogP contribution >= 0.6 is 0 Å². The number of rotatable bonds is 8. The van der Waals surface area contributed by atoms with Crippen molar-refractivity contribution in [3.63, 3.8) is 0 Å². The quantitative estimate of drug-likeness (QED) is 0.745. The topological polar surface area (TPSA) is 19.4 Å². The van der Waals surface area contributed by atoms with Crippen molar-refractivity contribution in [3.8, 4) is 0 Å². The number of hydrogen-bond donors (Lipinski definition) is 0. The van der Waals surface area contributed by atoms with Gasteiger partial charge in [0.1, 0.15) is 0 Å². The Morgan fingerprint density at radius 1 is 0.909 bits per heavy atom. The van der Waals surface area contributed by atoms with Gasteiger partial charge in [-0.3, -0.25) is 9.88 Å². The second kappa shape index (κ2) is 8.66. The van der Waals surface area contributed by atoms with Crippen LogP contribution in [0.3, 0.4) is 0 Å². The predicted molar refractivity (Wildman–Crippen MR) is 92.7 cm³/mol. The molecular weight excluding hydrogens is 270 g/mol.